The first-order chi connectivity index (χ1) is 18.2. The van der Waals surface area contributed by atoms with Crippen LogP contribution in [0.3, 0.4) is 0 Å². The van der Waals surface area contributed by atoms with E-state index >= 15 is 0 Å². The Hall–Kier alpha value is -2.78. The highest BCUT2D eigenvalue weighted by atomic mass is 35.5. The number of hydrogen-bond acceptors (Lipinski definition) is 2. The van der Waals surface area contributed by atoms with Crippen LogP contribution >= 0.6 is 11.6 Å². The number of halogens is 1. The van der Waals surface area contributed by atoms with Gasteiger partial charge in [0, 0.05) is 17.1 Å². The standard InChI is InChI=1S/C33H38ClNO2/c34-30-16-11-27(12-17-30)32-20-15-28(33(36)35-22-24-7-3-1-4-8-24)21-29(32)23-37-31-18-13-26(14-19-31)25-9-5-2-6-10-25/h11-21,24-25H,1-10,22-23H2,(H,35,36). The maximum Gasteiger partial charge on any atom is 0.251 e. The monoisotopic (exact) mass is 515 g/mol. The summed E-state index contributed by atoms with van der Waals surface area (Å²) in [6, 6.07) is 22.4. The molecule has 0 bridgehead atoms. The van der Waals surface area contributed by atoms with Crippen LogP contribution < -0.4 is 10.1 Å². The molecule has 4 heteroatoms. The molecule has 2 saturated carbocycles. The molecule has 5 rings (SSSR count). The predicted octanol–water partition coefficient (Wildman–Crippen LogP) is 8.94. The second-order valence-electron chi connectivity index (χ2n) is 10.8. The molecule has 0 atom stereocenters. The van der Waals surface area contributed by atoms with Crippen LogP contribution in [0.2, 0.25) is 5.02 Å². The van der Waals surface area contributed by atoms with Crippen molar-refractivity contribution in [3.63, 3.8) is 0 Å². The number of carbonyl (C=O) groups excluding carboxylic acids is 1. The van der Waals surface area contributed by atoms with E-state index in [1.807, 2.05) is 42.5 Å². The third-order valence-electron chi connectivity index (χ3n) is 8.15. The van der Waals surface area contributed by atoms with E-state index in [0.29, 0.717) is 29.0 Å². The van der Waals surface area contributed by atoms with Gasteiger partial charge in [-0.05, 0) is 96.2 Å². The Morgan fingerprint density at radius 1 is 0.811 bits per heavy atom. The minimum Gasteiger partial charge on any atom is -0.489 e. The zero-order chi connectivity index (χ0) is 25.5. The zero-order valence-electron chi connectivity index (χ0n) is 21.7. The largest absolute Gasteiger partial charge is 0.489 e. The summed E-state index contributed by atoms with van der Waals surface area (Å²) in [6.07, 6.45) is 12.9. The van der Waals surface area contributed by atoms with Gasteiger partial charge in [0.1, 0.15) is 12.4 Å². The molecule has 1 amide bonds. The molecule has 0 unspecified atom stereocenters. The van der Waals surface area contributed by atoms with Gasteiger partial charge in [0.2, 0.25) is 0 Å². The molecule has 1 N–H and O–H groups in total. The topological polar surface area (TPSA) is 38.3 Å². The number of nitrogens with one attached hydrogen (secondary N) is 1. The van der Waals surface area contributed by atoms with Crippen LogP contribution in [0.15, 0.2) is 66.7 Å². The fraction of sp³-hybridized carbons (Fsp3) is 0.424. The van der Waals surface area contributed by atoms with E-state index in [-0.39, 0.29) is 5.91 Å². The molecule has 0 radical (unpaired) electrons. The molecule has 2 aliphatic rings. The average molecular weight is 516 g/mol. The van der Waals surface area contributed by atoms with Crippen molar-refractivity contribution in [2.24, 2.45) is 5.92 Å². The van der Waals surface area contributed by atoms with Crippen LogP contribution in [-0.4, -0.2) is 12.5 Å². The van der Waals surface area contributed by atoms with Gasteiger partial charge in [-0.3, -0.25) is 4.79 Å². The van der Waals surface area contributed by atoms with E-state index in [4.69, 9.17) is 16.3 Å². The van der Waals surface area contributed by atoms with Crippen molar-refractivity contribution < 1.29 is 9.53 Å². The summed E-state index contributed by atoms with van der Waals surface area (Å²) in [5.41, 5.74) is 5.21. The van der Waals surface area contributed by atoms with Crippen molar-refractivity contribution in [3.8, 4) is 16.9 Å². The highest BCUT2D eigenvalue weighted by Gasteiger charge is 2.17. The quantitative estimate of drug-likeness (QED) is 0.325. The average Bonchev–Trinajstić information content (AvgIpc) is 2.96. The molecule has 2 aliphatic carbocycles. The Morgan fingerprint density at radius 3 is 2.19 bits per heavy atom. The SMILES string of the molecule is O=C(NCC1CCCCC1)c1ccc(-c2ccc(Cl)cc2)c(COc2ccc(C3CCCCC3)cc2)c1. The molecule has 0 spiro atoms. The van der Waals surface area contributed by atoms with E-state index in [1.54, 1.807) is 0 Å². The number of benzene rings is 3. The van der Waals surface area contributed by atoms with Crippen molar-refractivity contribution in [2.45, 2.75) is 76.7 Å². The number of rotatable bonds is 8. The molecule has 2 fully saturated rings. The minimum atomic E-state index is -0.00804. The first-order valence-corrected chi connectivity index (χ1v) is 14.4. The van der Waals surface area contributed by atoms with E-state index < -0.39 is 0 Å². The molecule has 3 aromatic carbocycles. The number of hydrogen-bond donors (Lipinski definition) is 1. The van der Waals surface area contributed by atoms with Gasteiger partial charge in [-0.15, -0.1) is 0 Å². The molecule has 194 valence electrons. The summed E-state index contributed by atoms with van der Waals surface area (Å²) in [5, 5.41) is 3.88. The van der Waals surface area contributed by atoms with Gasteiger partial charge in [0.25, 0.3) is 5.91 Å². The van der Waals surface area contributed by atoms with Gasteiger partial charge in [-0.1, -0.05) is 80.5 Å². The Labute approximate surface area is 226 Å². The molecule has 0 heterocycles. The summed E-state index contributed by atoms with van der Waals surface area (Å²) >= 11 is 6.14. The van der Waals surface area contributed by atoms with Crippen molar-refractivity contribution in [1.82, 2.24) is 5.32 Å². The van der Waals surface area contributed by atoms with Gasteiger partial charge in [-0.2, -0.15) is 0 Å². The lowest BCUT2D eigenvalue weighted by Gasteiger charge is -2.22. The molecule has 37 heavy (non-hydrogen) atoms. The molecule has 0 aliphatic heterocycles. The molecule has 3 nitrogen and oxygen atoms in total. The van der Waals surface area contributed by atoms with Gasteiger partial charge >= 0.3 is 0 Å². The molecular formula is C33H38ClNO2. The second-order valence-corrected chi connectivity index (χ2v) is 11.2. The molecule has 0 saturated heterocycles. The van der Waals surface area contributed by atoms with Crippen molar-refractivity contribution >= 4 is 17.5 Å². The molecule has 3 aromatic rings. The number of carbonyl (C=O) groups is 1. The van der Waals surface area contributed by atoms with Gasteiger partial charge < -0.3 is 10.1 Å². The van der Waals surface area contributed by atoms with Crippen LogP contribution in [0.25, 0.3) is 11.1 Å². The normalized spacial score (nSPS) is 16.9. The zero-order valence-corrected chi connectivity index (χ0v) is 22.4. The van der Waals surface area contributed by atoms with E-state index in [1.165, 1.54) is 69.8 Å². The lowest BCUT2D eigenvalue weighted by atomic mass is 9.84. The fourth-order valence-corrected chi connectivity index (χ4v) is 6.06. The Morgan fingerprint density at radius 2 is 1.49 bits per heavy atom. The Balaban J connectivity index is 1.31. The smallest absolute Gasteiger partial charge is 0.251 e. The van der Waals surface area contributed by atoms with Gasteiger partial charge in [0.15, 0.2) is 0 Å². The maximum atomic E-state index is 13.0. The van der Waals surface area contributed by atoms with Crippen LogP contribution in [0.5, 0.6) is 5.75 Å². The van der Waals surface area contributed by atoms with E-state index in [9.17, 15) is 4.79 Å². The second kappa shape index (κ2) is 12.6. The van der Waals surface area contributed by atoms with Crippen LogP contribution in [-0.2, 0) is 6.61 Å². The maximum absolute atomic E-state index is 13.0. The van der Waals surface area contributed by atoms with E-state index in [0.717, 1.165) is 29.0 Å². The lowest BCUT2D eigenvalue weighted by Crippen LogP contribution is -2.30. The van der Waals surface area contributed by atoms with Crippen molar-refractivity contribution in [2.75, 3.05) is 6.54 Å². The molecule has 0 aromatic heterocycles. The first kappa shape index (κ1) is 25.9. The summed E-state index contributed by atoms with van der Waals surface area (Å²) in [5.74, 6) is 2.13. The highest BCUT2D eigenvalue weighted by molar-refractivity contribution is 6.30. The summed E-state index contributed by atoms with van der Waals surface area (Å²) in [4.78, 5) is 13.0. The minimum absolute atomic E-state index is 0.00804. The molecular weight excluding hydrogens is 478 g/mol. The predicted molar refractivity (Wildman–Crippen MR) is 152 cm³/mol. The van der Waals surface area contributed by atoms with Crippen LogP contribution in [0.1, 0.15) is 91.6 Å². The van der Waals surface area contributed by atoms with Crippen molar-refractivity contribution in [1.29, 1.82) is 0 Å². The van der Waals surface area contributed by atoms with Gasteiger partial charge in [0.05, 0.1) is 0 Å². The number of amides is 1. The third-order valence-corrected chi connectivity index (χ3v) is 8.40. The summed E-state index contributed by atoms with van der Waals surface area (Å²) in [6.45, 7) is 1.15. The van der Waals surface area contributed by atoms with Crippen molar-refractivity contribution in [3.05, 3.63) is 88.4 Å². The van der Waals surface area contributed by atoms with Gasteiger partial charge in [-0.25, -0.2) is 0 Å². The van der Waals surface area contributed by atoms with E-state index in [2.05, 4.69) is 29.6 Å². The fourth-order valence-electron chi connectivity index (χ4n) is 5.93. The van der Waals surface area contributed by atoms with Crippen LogP contribution in [0, 0.1) is 5.92 Å². The lowest BCUT2D eigenvalue weighted by molar-refractivity contribution is 0.0943. The Bertz CT molecular complexity index is 1160. The number of ether oxygens (including phenoxy) is 1. The summed E-state index contributed by atoms with van der Waals surface area (Å²) < 4.78 is 6.25. The first-order valence-electron chi connectivity index (χ1n) is 14.1. The summed E-state index contributed by atoms with van der Waals surface area (Å²) in [7, 11) is 0. The van der Waals surface area contributed by atoms with Crippen LogP contribution in [0.4, 0.5) is 0 Å². The Kier molecular flexibility index (Phi) is 8.84. The third kappa shape index (κ3) is 6.96. The highest BCUT2D eigenvalue weighted by Crippen LogP contribution is 2.34.